The van der Waals surface area contributed by atoms with Crippen LogP contribution in [0.2, 0.25) is 5.02 Å². The molecular weight excluding hydrogens is 461 g/mol. The van der Waals surface area contributed by atoms with Crippen molar-refractivity contribution in [2.75, 3.05) is 32.5 Å². The van der Waals surface area contributed by atoms with Crippen molar-refractivity contribution in [2.45, 2.75) is 43.4 Å². The first-order valence-corrected chi connectivity index (χ1v) is 11.9. The number of benzene rings is 1. The van der Waals surface area contributed by atoms with Crippen LogP contribution in [0.3, 0.4) is 0 Å². The smallest absolute Gasteiger partial charge is 0.336 e. The van der Waals surface area contributed by atoms with E-state index in [1.807, 2.05) is 0 Å². The Labute approximate surface area is 191 Å². The molecule has 0 saturated carbocycles. The lowest BCUT2D eigenvalue weighted by Crippen LogP contribution is -2.66. The van der Waals surface area contributed by atoms with Gasteiger partial charge < -0.3 is 15.1 Å². The van der Waals surface area contributed by atoms with Crippen LogP contribution in [-0.4, -0.2) is 74.6 Å². The van der Waals surface area contributed by atoms with Crippen molar-refractivity contribution in [1.29, 1.82) is 5.26 Å². The number of hydrogen-bond acceptors (Lipinski definition) is 5. The van der Waals surface area contributed by atoms with Gasteiger partial charge in [-0.3, -0.25) is 4.79 Å². The molecular formula is C20H26ClFN5O4S+. The number of carbonyl (C=O) groups is 2. The van der Waals surface area contributed by atoms with Crippen molar-refractivity contribution in [3.05, 3.63) is 22.7 Å². The number of fused-ring (bicyclic) bond motifs is 1. The number of sulfonamides is 1. The number of anilines is 1. The maximum absolute atomic E-state index is 14.9. The van der Waals surface area contributed by atoms with Crippen LogP contribution in [0.5, 0.6) is 0 Å². The van der Waals surface area contributed by atoms with Gasteiger partial charge in [-0.15, -0.1) is 0 Å². The van der Waals surface area contributed by atoms with Gasteiger partial charge in [-0.25, -0.2) is 21.9 Å². The van der Waals surface area contributed by atoms with Crippen molar-refractivity contribution in [3.63, 3.8) is 0 Å². The number of aryl methyl sites for hydroxylation is 1. The zero-order valence-electron chi connectivity index (χ0n) is 18.2. The van der Waals surface area contributed by atoms with Crippen LogP contribution in [0.15, 0.2) is 17.0 Å². The van der Waals surface area contributed by atoms with Crippen molar-refractivity contribution in [1.82, 2.24) is 9.62 Å². The van der Waals surface area contributed by atoms with E-state index in [0.717, 1.165) is 0 Å². The summed E-state index contributed by atoms with van der Waals surface area (Å²) in [4.78, 5) is 24.9. The summed E-state index contributed by atoms with van der Waals surface area (Å²) in [5, 5.41) is 14.2. The zero-order chi connectivity index (χ0) is 24.0. The van der Waals surface area contributed by atoms with Crippen molar-refractivity contribution in [3.8, 4) is 6.07 Å². The molecule has 4 atom stereocenters. The second kappa shape index (κ2) is 8.50. The first-order chi connectivity index (χ1) is 14.8. The van der Waals surface area contributed by atoms with Crippen molar-refractivity contribution >= 4 is 39.2 Å². The van der Waals surface area contributed by atoms with Gasteiger partial charge in [-0.2, -0.15) is 5.26 Å². The third kappa shape index (κ3) is 4.27. The molecule has 9 nitrogen and oxygen atoms in total. The highest BCUT2D eigenvalue weighted by Gasteiger charge is 2.48. The van der Waals surface area contributed by atoms with E-state index in [9.17, 15) is 22.4 Å². The molecule has 0 aromatic heterocycles. The number of nitrogens with one attached hydrogen (secondary N) is 2. The van der Waals surface area contributed by atoms with Gasteiger partial charge in [-0.1, -0.05) is 17.7 Å². The first-order valence-electron chi connectivity index (χ1n) is 10.1. The molecule has 1 saturated heterocycles. The topological polar surface area (TPSA) is 119 Å². The average Bonchev–Trinajstić information content (AvgIpc) is 2.66. The number of amides is 3. The van der Waals surface area contributed by atoms with E-state index >= 15 is 0 Å². The highest BCUT2D eigenvalue weighted by molar-refractivity contribution is 7.90. The molecule has 0 bridgehead atoms. The van der Waals surface area contributed by atoms with Gasteiger partial charge >= 0.3 is 6.03 Å². The van der Waals surface area contributed by atoms with Crippen LogP contribution in [0.1, 0.15) is 18.9 Å². The third-order valence-corrected chi connectivity index (χ3v) is 8.47. The highest BCUT2D eigenvalue weighted by atomic mass is 35.5. The van der Waals surface area contributed by atoms with Gasteiger partial charge in [0.1, 0.15) is 17.5 Å². The van der Waals surface area contributed by atoms with E-state index < -0.39 is 52.7 Å². The Morgan fingerprint density at radius 2 is 2.12 bits per heavy atom. The monoisotopic (exact) mass is 486 g/mol. The molecule has 1 aromatic carbocycles. The van der Waals surface area contributed by atoms with Gasteiger partial charge in [0, 0.05) is 6.42 Å². The zero-order valence-corrected chi connectivity index (χ0v) is 19.8. The summed E-state index contributed by atoms with van der Waals surface area (Å²) >= 11 is 6.18. The lowest BCUT2D eigenvalue weighted by molar-refractivity contribution is -0.926. The summed E-state index contributed by atoms with van der Waals surface area (Å²) < 4.78 is 41.6. The molecule has 2 aliphatic rings. The number of quaternary nitrogens is 1. The van der Waals surface area contributed by atoms with E-state index in [4.69, 9.17) is 16.9 Å². The normalized spacial score (nSPS) is 27.0. The number of alkyl halides is 1. The van der Waals surface area contributed by atoms with Crippen LogP contribution < -0.4 is 10.6 Å². The molecule has 3 unspecified atom stereocenters. The van der Waals surface area contributed by atoms with E-state index in [1.165, 1.54) is 6.07 Å². The lowest BCUT2D eigenvalue weighted by Gasteiger charge is -2.47. The molecule has 2 aliphatic heterocycles. The molecule has 0 aliphatic carbocycles. The van der Waals surface area contributed by atoms with E-state index in [0.29, 0.717) is 16.4 Å². The molecule has 3 rings (SSSR count). The van der Waals surface area contributed by atoms with Crippen LogP contribution in [-0.2, 0) is 14.8 Å². The minimum atomic E-state index is -4.37. The Kier molecular flexibility index (Phi) is 6.43. The van der Waals surface area contributed by atoms with Gasteiger partial charge in [0.15, 0.2) is 6.17 Å². The second-order valence-electron chi connectivity index (χ2n) is 8.90. The summed E-state index contributed by atoms with van der Waals surface area (Å²) in [6.45, 7) is 2.91. The largest absolute Gasteiger partial charge is 0.346 e. The highest BCUT2D eigenvalue weighted by Crippen LogP contribution is 2.37. The molecule has 3 amide bonds. The number of likely N-dealkylation sites (tertiary alicyclic amines) is 1. The van der Waals surface area contributed by atoms with Crippen LogP contribution in [0, 0.1) is 24.2 Å². The molecule has 1 aromatic rings. The molecule has 12 heteroatoms. The molecule has 2 heterocycles. The van der Waals surface area contributed by atoms with Crippen LogP contribution >= 0.6 is 11.6 Å². The summed E-state index contributed by atoms with van der Waals surface area (Å²) in [6, 6.07) is 2.84. The quantitative estimate of drug-likeness (QED) is 0.631. The number of likely N-dealkylation sites (N-methyl/N-ethyl adjacent to an activating group) is 1. The standard InChI is InChI=1S/C20H25ClFN5O4S/c1-11-5-6-15-19(17(11)21)32(30,31)26(20(29)25-15)9-16(28)24-12(2)18-14(22)7-13(8-23)10-27(18,3)4/h5-6,12-14,18H,7,9-10H2,1-4H3,(H-,24,25,28,29)/p+1/t12-,13?,14?,18?/m0/s1. The summed E-state index contributed by atoms with van der Waals surface area (Å²) in [5.74, 6) is -1.17. The maximum atomic E-state index is 14.9. The van der Waals surface area contributed by atoms with E-state index in [2.05, 4.69) is 16.7 Å². The minimum Gasteiger partial charge on any atom is -0.346 e. The maximum Gasteiger partial charge on any atom is 0.336 e. The van der Waals surface area contributed by atoms with Crippen LogP contribution in [0.25, 0.3) is 0 Å². The summed E-state index contributed by atoms with van der Waals surface area (Å²) in [6.07, 6.45) is -1.25. The second-order valence-corrected chi connectivity index (χ2v) is 11.1. The molecule has 174 valence electrons. The Bertz CT molecular complexity index is 1100. The van der Waals surface area contributed by atoms with Gasteiger partial charge in [0.2, 0.25) is 5.91 Å². The number of halogens is 2. The van der Waals surface area contributed by atoms with E-state index in [1.54, 1.807) is 34.0 Å². The van der Waals surface area contributed by atoms with E-state index in [-0.39, 0.29) is 26.5 Å². The predicted molar refractivity (Wildman–Crippen MR) is 116 cm³/mol. The predicted octanol–water partition coefficient (Wildman–Crippen LogP) is 2.02. The van der Waals surface area contributed by atoms with Crippen molar-refractivity contribution in [2.24, 2.45) is 5.92 Å². The van der Waals surface area contributed by atoms with Crippen LogP contribution in [0.4, 0.5) is 14.9 Å². The average molecular weight is 487 g/mol. The Balaban J connectivity index is 1.78. The Morgan fingerprint density at radius 1 is 1.47 bits per heavy atom. The van der Waals surface area contributed by atoms with Gasteiger partial charge in [-0.05, 0) is 25.5 Å². The fourth-order valence-corrected chi connectivity index (χ4v) is 6.71. The Hall–Kier alpha value is -2.42. The number of carbonyl (C=O) groups excluding carboxylic acids is 2. The Morgan fingerprint density at radius 3 is 2.72 bits per heavy atom. The first kappa shape index (κ1) is 24.2. The summed E-state index contributed by atoms with van der Waals surface area (Å²) in [7, 11) is -0.801. The molecule has 1 fully saturated rings. The molecule has 0 radical (unpaired) electrons. The lowest BCUT2D eigenvalue weighted by atomic mass is 9.87. The van der Waals surface area contributed by atoms with Gasteiger partial charge in [0.05, 0.1) is 49.4 Å². The summed E-state index contributed by atoms with van der Waals surface area (Å²) in [5.41, 5.74) is 0.550. The fourth-order valence-electron chi connectivity index (χ4n) is 4.70. The third-order valence-electron chi connectivity index (χ3n) is 6.06. The number of urea groups is 1. The fraction of sp³-hybridized carbons (Fsp3) is 0.550. The SMILES string of the molecule is Cc1ccc2c(c1Cl)S(=O)(=O)N(CC(=O)N[C@@H](C)C1C(F)CC(C#N)C[N+]1(C)C)C(=O)N2. The van der Waals surface area contributed by atoms with Crippen molar-refractivity contribution < 1.29 is 26.9 Å². The molecule has 0 spiro atoms. The van der Waals surface area contributed by atoms with Gasteiger partial charge in [0.25, 0.3) is 10.0 Å². The number of piperidine rings is 1. The number of rotatable bonds is 4. The minimum absolute atomic E-state index is 0.0325. The number of nitrogens with zero attached hydrogens (tertiary/aromatic N) is 3. The number of hydrogen-bond donors (Lipinski definition) is 2. The number of nitriles is 1. The molecule has 2 N–H and O–H groups in total. The molecule has 32 heavy (non-hydrogen) atoms.